The van der Waals surface area contributed by atoms with Crippen molar-refractivity contribution in [2.75, 3.05) is 5.73 Å². The molecule has 0 bridgehead atoms. The van der Waals surface area contributed by atoms with Gasteiger partial charge in [-0.15, -0.1) is 0 Å². The lowest BCUT2D eigenvalue weighted by Gasteiger charge is -2.32. The van der Waals surface area contributed by atoms with Crippen LogP contribution in [0.3, 0.4) is 0 Å². The summed E-state index contributed by atoms with van der Waals surface area (Å²) in [5.41, 5.74) is 4.82. The van der Waals surface area contributed by atoms with Crippen LogP contribution in [-0.2, 0) is 26.3 Å². The highest BCUT2D eigenvalue weighted by atomic mass is 16.6. The zero-order valence-electron chi connectivity index (χ0n) is 15.6. The number of nitrogen functional groups attached to an aromatic ring is 1. The van der Waals surface area contributed by atoms with Crippen molar-refractivity contribution in [3.63, 3.8) is 0 Å². The lowest BCUT2D eigenvalue weighted by molar-refractivity contribution is -0.163. The number of carbonyl (C=O) groups is 1. The molecule has 5 rings (SSSR count). The molecule has 0 spiro atoms. The van der Waals surface area contributed by atoms with E-state index in [1.807, 2.05) is 30.3 Å². The Labute approximate surface area is 165 Å². The fourth-order valence-corrected chi connectivity index (χ4v) is 4.20. The number of aromatic nitrogens is 3. The molecule has 29 heavy (non-hydrogen) atoms. The topological polar surface area (TPSA) is 132 Å². The summed E-state index contributed by atoms with van der Waals surface area (Å²) in [6, 6.07) is 12.6. The van der Waals surface area contributed by atoms with Crippen LogP contribution in [0.4, 0.5) is 5.82 Å². The molecule has 0 amide bonds. The second-order valence-corrected chi connectivity index (χ2v) is 7.67. The third-order valence-electron chi connectivity index (χ3n) is 5.85. The Morgan fingerprint density at radius 3 is 2.76 bits per heavy atom. The molecule has 5 atom stereocenters. The molecule has 3 heterocycles. The quantitative estimate of drug-likeness (QED) is 0.532. The van der Waals surface area contributed by atoms with Gasteiger partial charge in [0.15, 0.2) is 17.5 Å². The molecular formula is C20H20N4O5. The lowest BCUT2D eigenvalue weighted by Crippen LogP contribution is -2.46. The summed E-state index contributed by atoms with van der Waals surface area (Å²) < 4.78 is 12.9. The van der Waals surface area contributed by atoms with Gasteiger partial charge in [0.1, 0.15) is 29.7 Å². The normalized spacial score (nSPS) is 32.9. The summed E-state index contributed by atoms with van der Waals surface area (Å²) in [4.78, 5) is 16.2. The van der Waals surface area contributed by atoms with Crippen LogP contribution in [0, 0.1) is 0 Å². The Bertz CT molecular complexity index is 1100. The van der Waals surface area contributed by atoms with E-state index < -0.39 is 35.5 Å². The van der Waals surface area contributed by atoms with Crippen molar-refractivity contribution in [3.8, 4) is 0 Å². The number of esters is 1. The predicted molar refractivity (Wildman–Crippen MR) is 101 cm³/mol. The van der Waals surface area contributed by atoms with Crippen LogP contribution in [-0.4, -0.2) is 54.7 Å². The Morgan fingerprint density at radius 2 is 2.07 bits per heavy atom. The molecule has 2 fully saturated rings. The van der Waals surface area contributed by atoms with Crippen molar-refractivity contribution in [1.29, 1.82) is 0 Å². The molecule has 1 saturated carbocycles. The van der Waals surface area contributed by atoms with Gasteiger partial charge in [0.25, 0.3) is 0 Å². The van der Waals surface area contributed by atoms with E-state index in [-0.39, 0.29) is 6.42 Å². The average molecular weight is 396 g/mol. The largest absolute Gasteiger partial charge is 0.456 e. The predicted octanol–water partition coefficient (Wildman–Crippen LogP) is 0.186. The molecule has 1 aliphatic carbocycles. The standard InChI is InChI=1S/C20H20N4O5/c1-19(13-8-7-12-17(21)22-10-23-24(12)13)18(26)20(27)15(16(20)29-19)28-14(25)9-11-5-3-2-4-6-11/h2-8,10,15-16,18,26-27H,9H2,1H3,(H2,21,22,23)/t15?,16-,18+,19+,20-/m1/s1. The van der Waals surface area contributed by atoms with Gasteiger partial charge < -0.3 is 25.4 Å². The SMILES string of the molecule is C[C@@]1(c2ccc3c(N)ncnn23)O[C@@H]2C(OC(=O)Cc3ccccc3)[C@]2(O)[C@H]1O. The van der Waals surface area contributed by atoms with E-state index in [2.05, 4.69) is 10.1 Å². The fourth-order valence-electron chi connectivity index (χ4n) is 4.20. The number of nitrogens with zero attached hydrogens (tertiary/aromatic N) is 3. The summed E-state index contributed by atoms with van der Waals surface area (Å²) in [5, 5.41) is 26.1. The highest BCUT2D eigenvalue weighted by Gasteiger charge is 2.82. The van der Waals surface area contributed by atoms with Crippen molar-refractivity contribution in [2.45, 2.75) is 42.9 Å². The first-order chi connectivity index (χ1) is 13.9. The van der Waals surface area contributed by atoms with E-state index in [1.165, 1.54) is 10.8 Å². The number of benzene rings is 1. The third kappa shape index (κ3) is 2.48. The number of carbonyl (C=O) groups excluding carboxylic acids is 1. The van der Waals surface area contributed by atoms with Crippen molar-refractivity contribution < 1.29 is 24.5 Å². The highest BCUT2D eigenvalue weighted by Crippen LogP contribution is 2.59. The third-order valence-corrected chi connectivity index (χ3v) is 5.85. The van der Waals surface area contributed by atoms with Gasteiger partial charge >= 0.3 is 5.97 Å². The summed E-state index contributed by atoms with van der Waals surface area (Å²) in [5.74, 6) is -0.200. The molecule has 2 aromatic heterocycles. The molecule has 3 aromatic rings. The van der Waals surface area contributed by atoms with Gasteiger partial charge in [0, 0.05) is 0 Å². The first-order valence-electron chi connectivity index (χ1n) is 9.26. The van der Waals surface area contributed by atoms with Crippen molar-refractivity contribution >= 4 is 17.3 Å². The number of fused-ring (bicyclic) bond motifs is 2. The summed E-state index contributed by atoms with van der Waals surface area (Å²) in [7, 11) is 0. The van der Waals surface area contributed by atoms with Crippen molar-refractivity contribution in [3.05, 3.63) is 60.0 Å². The minimum absolute atomic E-state index is 0.0764. The minimum Gasteiger partial charge on any atom is -0.456 e. The van der Waals surface area contributed by atoms with Crippen LogP contribution in [0.25, 0.3) is 5.52 Å². The van der Waals surface area contributed by atoms with E-state index in [0.717, 1.165) is 5.56 Å². The summed E-state index contributed by atoms with van der Waals surface area (Å²) in [6.45, 7) is 1.66. The molecule has 1 aliphatic heterocycles. The number of aliphatic hydroxyl groups is 2. The number of ether oxygens (including phenoxy) is 2. The molecule has 1 saturated heterocycles. The molecule has 9 heteroatoms. The second-order valence-electron chi connectivity index (χ2n) is 7.67. The van der Waals surface area contributed by atoms with Crippen LogP contribution in [0.2, 0.25) is 0 Å². The lowest BCUT2D eigenvalue weighted by atomic mass is 9.91. The Kier molecular flexibility index (Phi) is 3.73. The van der Waals surface area contributed by atoms with Gasteiger partial charge in [-0.1, -0.05) is 30.3 Å². The first-order valence-corrected chi connectivity index (χ1v) is 9.26. The molecule has 9 nitrogen and oxygen atoms in total. The second kappa shape index (κ2) is 5.99. The van der Waals surface area contributed by atoms with Crippen molar-refractivity contribution in [2.24, 2.45) is 0 Å². The maximum atomic E-state index is 12.2. The Morgan fingerprint density at radius 1 is 1.31 bits per heavy atom. The first kappa shape index (κ1) is 18.0. The van der Waals surface area contributed by atoms with Crippen molar-refractivity contribution in [1.82, 2.24) is 14.6 Å². The van der Waals surface area contributed by atoms with Gasteiger partial charge in [0.05, 0.1) is 12.1 Å². The molecule has 2 aliphatic rings. The fraction of sp³-hybridized carbons (Fsp3) is 0.350. The number of hydrogen-bond acceptors (Lipinski definition) is 8. The number of aliphatic hydroxyl groups excluding tert-OH is 1. The Hall–Kier alpha value is -3.01. The highest BCUT2D eigenvalue weighted by molar-refractivity contribution is 5.73. The molecule has 1 unspecified atom stereocenters. The number of rotatable bonds is 4. The van der Waals surface area contributed by atoms with Crippen LogP contribution in [0.5, 0.6) is 0 Å². The van der Waals surface area contributed by atoms with Gasteiger partial charge in [-0.2, -0.15) is 5.10 Å². The smallest absolute Gasteiger partial charge is 0.310 e. The maximum absolute atomic E-state index is 12.2. The molecule has 0 radical (unpaired) electrons. The van der Waals surface area contributed by atoms with E-state index in [1.54, 1.807) is 19.1 Å². The summed E-state index contributed by atoms with van der Waals surface area (Å²) in [6.07, 6.45) is -1.70. The molecule has 4 N–H and O–H groups in total. The van der Waals surface area contributed by atoms with Gasteiger partial charge in [-0.3, -0.25) is 4.79 Å². The zero-order chi connectivity index (χ0) is 20.4. The average Bonchev–Trinajstić information content (AvgIpc) is 3.01. The Balaban J connectivity index is 1.35. The van der Waals surface area contributed by atoms with Gasteiger partial charge in [-0.05, 0) is 24.6 Å². The molecule has 150 valence electrons. The van der Waals surface area contributed by atoms with E-state index >= 15 is 0 Å². The van der Waals surface area contributed by atoms with Gasteiger partial charge in [0.2, 0.25) is 0 Å². The van der Waals surface area contributed by atoms with Crippen LogP contribution in [0.1, 0.15) is 18.2 Å². The maximum Gasteiger partial charge on any atom is 0.310 e. The molecular weight excluding hydrogens is 376 g/mol. The van der Waals surface area contributed by atoms with Gasteiger partial charge in [-0.25, -0.2) is 9.50 Å². The van der Waals surface area contributed by atoms with E-state index in [0.29, 0.717) is 17.0 Å². The molecule has 1 aromatic carbocycles. The van der Waals surface area contributed by atoms with Crippen LogP contribution < -0.4 is 5.73 Å². The minimum atomic E-state index is -1.68. The number of anilines is 1. The van der Waals surface area contributed by atoms with Crippen LogP contribution >= 0.6 is 0 Å². The number of nitrogens with two attached hydrogens (primary N) is 1. The number of hydrogen-bond donors (Lipinski definition) is 3. The zero-order valence-corrected chi connectivity index (χ0v) is 15.6. The van der Waals surface area contributed by atoms with Crippen LogP contribution in [0.15, 0.2) is 48.8 Å². The van der Waals surface area contributed by atoms with E-state index in [9.17, 15) is 15.0 Å². The van der Waals surface area contributed by atoms with E-state index in [4.69, 9.17) is 15.2 Å². The summed E-state index contributed by atoms with van der Waals surface area (Å²) >= 11 is 0. The monoisotopic (exact) mass is 396 g/mol.